The quantitative estimate of drug-likeness (QED) is 0.606. The zero-order chi connectivity index (χ0) is 18.8. The fourth-order valence-electron chi connectivity index (χ4n) is 3.33. The molecule has 1 amide bonds. The molecular formula is C21H18Cl2N2O2. The van der Waals surface area contributed by atoms with Gasteiger partial charge in [0.15, 0.2) is 5.76 Å². The minimum atomic E-state index is 0.131. The average Bonchev–Trinajstić information content (AvgIpc) is 3.11. The summed E-state index contributed by atoms with van der Waals surface area (Å²) in [5.41, 5.74) is 3.98. The number of hydrogen-bond donors (Lipinski definition) is 0. The van der Waals surface area contributed by atoms with Crippen LogP contribution in [0.15, 0.2) is 53.1 Å². The molecule has 4 nitrogen and oxygen atoms in total. The van der Waals surface area contributed by atoms with Gasteiger partial charge in [-0.2, -0.15) is 0 Å². The van der Waals surface area contributed by atoms with Crippen LogP contribution in [-0.2, 0) is 24.2 Å². The molecule has 0 saturated carbocycles. The third-order valence-corrected chi connectivity index (χ3v) is 5.35. The molecule has 0 aliphatic carbocycles. The van der Waals surface area contributed by atoms with Crippen LogP contribution in [0.25, 0.3) is 11.3 Å². The Bertz CT molecular complexity index is 949. The van der Waals surface area contributed by atoms with E-state index in [0.29, 0.717) is 36.0 Å². The van der Waals surface area contributed by atoms with Crippen molar-refractivity contribution in [1.29, 1.82) is 0 Å². The standard InChI is InChI=1S/C21H18Cl2N2O2/c22-16-6-1-14(2-7-16)3-10-20(26)25-12-11-18-19(13-25)24-27-21(18)15-4-8-17(23)9-5-15/h1-2,4-9H,3,10-13H2. The number of carbonyl (C=O) groups excluding carboxylic acids is 1. The molecule has 0 bridgehead atoms. The number of aryl methyl sites for hydroxylation is 1. The highest BCUT2D eigenvalue weighted by Crippen LogP contribution is 2.31. The Morgan fingerprint density at radius 1 is 1.04 bits per heavy atom. The molecule has 1 aliphatic rings. The number of nitrogens with zero attached hydrogens (tertiary/aromatic N) is 2. The zero-order valence-electron chi connectivity index (χ0n) is 14.6. The van der Waals surface area contributed by atoms with Crippen molar-refractivity contribution in [2.24, 2.45) is 0 Å². The summed E-state index contributed by atoms with van der Waals surface area (Å²) in [6.07, 6.45) is 1.91. The Labute approximate surface area is 167 Å². The molecule has 2 aromatic carbocycles. The number of rotatable bonds is 4. The Morgan fingerprint density at radius 2 is 1.70 bits per heavy atom. The predicted octanol–water partition coefficient (Wildman–Crippen LogP) is 5.17. The van der Waals surface area contributed by atoms with Crippen molar-refractivity contribution < 1.29 is 9.32 Å². The Hall–Kier alpha value is -2.30. The van der Waals surface area contributed by atoms with Crippen molar-refractivity contribution in [3.63, 3.8) is 0 Å². The van der Waals surface area contributed by atoms with E-state index in [1.807, 2.05) is 53.4 Å². The van der Waals surface area contributed by atoms with Gasteiger partial charge in [0.25, 0.3) is 0 Å². The van der Waals surface area contributed by atoms with Crippen molar-refractivity contribution in [2.45, 2.75) is 25.8 Å². The van der Waals surface area contributed by atoms with Crippen LogP contribution in [0.5, 0.6) is 0 Å². The monoisotopic (exact) mass is 400 g/mol. The van der Waals surface area contributed by atoms with Gasteiger partial charge >= 0.3 is 0 Å². The first-order chi connectivity index (χ1) is 13.1. The van der Waals surface area contributed by atoms with E-state index in [-0.39, 0.29) is 5.91 Å². The van der Waals surface area contributed by atoms with Gasteiger partial charge < -0.3 is 9.42 Å². The summed E-state index contributed by atoms with van der Waals surface area (Å²) in [5.74, 6) is 0.904. The molecule has 27 heavy (non-hydrogen) atoms. The minimum Gasteiger partial charge on any atom is -0.356 e. The van der Waals surface area contributed by atoms with Gasteiger partial charge in [-0.15, -0.1) is 0 Å². The van der Waals surface area contributed by atoms with E-state index in [9.17, 15) is 4.79 Å². The van der Waals surface area contributed by atoms with E-state index >= 15 is 0 Å². The molecule has 0 radical (unpaired) electrons. The van der Waals surface area contributed by atoms with Crippen LogP contribution in [-0.4, -0.2) is 22.5 Å². The number of amides is 1. The lowest BCUT2D eigenvalue weighted by atomic mass is 10.00. The van der Waals surface area contributed by atoms with E-state index in [2.05, 4.69) is 5.16 Å². The van der Waals surface area contributed by atoms with E-state index in [4.69, 9.17) is 27.7 Å². The van der Waals surface area contributed by atoms with Crippen molar-refractivity contribution >= 4 is 29.1 Å². The van der Waals surface area contributed by atoms with E-state index in [0.717, 1.165) is 34.6 Å². The van der Waals surface area contributed by atoms with Crippen molar-refractivity contribution in [3.8, 4) is 11.3 Å². The molecule has 0 spiro atoms. The summed E-state index contributed by atoms with van der Waals surface area (Å²) >= 11 is 11.9. The maximum absolute atomic E-state index is 12.6. The average molecular weight is 401 g/mol. The van der Waals surface area contributed by atoms with Crippen LogP contribution < -0.4 is 0 Å². The van der Waals surface area contributed by atoms with Crippen LogP contribution >= 0.6 is 23.2 Å². The van der Waals surface area contributed by atoms with Gasteiger partial charge in [-0.25, -0.2) is 0 Å². The van der Waals surface area contributed by atoms with Crippen molar-refractivity contribution in [1.82, 2.24) is 10.1 Å². The van der Waals surface area contributed by atoms with Gasteiger partial charge in [0, 0.05) is 34.1 Å². The summed E-state index contributed by atoms with van der Waals surface area (Å²) in [7, 11) is 0. The molecular weight excluding hydrogens is 383 g/mol. The number of aromatic nitrogens is 1. The molecule has 1 aromatic heterocycles. The summed E-state index contributed by atoms with van der Waals surface area (Å²) in [6.45, 7) is 1.17. The Morgan fingerprint density at radius 3 is 2.41 bits per heavy atom. The zero-order valence-corrected chi connectivity index (χ0v) is 16.1. The maximum atomic E-state index is 12.6. The molecule has 2 heterocycles. The van der Waals surface area contributed by atoms with Crippen LogP contribution in [0.2, 0.25) is 10.0 Å². The Kier molecular flexibility index (Phi) is 5.19. The van der Waals surface area contributed by atoms with E-state index in [1.54, 1.807) is 0 Å². The van der Waals surface area contributed by atoms with Crippen molar-refractivity contribution in [3.05, 3.63) is 75.4 Å². The van der Waals surface area contributed by atoms with Crippen LogP contribution in [0.4, 0.5) is 0 Å². The first-order valence-corrected chi connectivity index (χ1v) is 9.61. The molecule has 138 valence electrons. The van der Waals surface area contributed by atoms with Gasteiger partial charge in [-0.3, -0.25) is 4.79 Å². The molecule has 4 rings (SSSR count). The lowest BCUT2D eigenvalue weighted by Gasteiger charge is -2.26. The van der Waals surface area contributed by atoms with Crippen LogP contribution in [0.1, 0.15) is 23.2 Å². The number of fused-ring (bicyclic) bond motifs is 1. The van der Waals surface area contributed by atoms with Crippen LogP contribution in [0.3, 0.4) is 0 Å². The van der Waals surface area contributed by atoms with E-state index in [1.165, 1.54) is 0 Å². The molecule has 1 aliphatic heterocycles. The second-order valence-electron chi connectivity index (χ2n) is 6.64. The van der Waals surface area contributed by atoms with Gasteiger partial charge in [-0.1, -0.05) is 40.5 Å². The number of carbonyl (C=O) groups is 1. The molecule has 6 heteroatoms. The predicted molar refractivity (Wildman–Crippen MR) is 106 cm³/mol. The smallest absolute Gasteiger partial charge is 0.223 e. The van der Waals surface area contributed by atoms with Crippen molar-refractivity contribution in [2.75, 3.05) is 6.54 Å². The SMILES string of the molecule is O=C(CCc1ccc(Cl)cc1)N1CCc2c(noc2-c2ccc(Cl)cc2)C1. The fraction of sp³-hybridized carbons (Fsp3) is 0.238. The second-order valence-corrected chi connectivity index (χ2v) is 7.51. The van der Waals surface area contributed by atoms with E-state index < -0.39 is 0 Å². The number of hydrogen-bond acceptors (Lipinski definition) is 3. The lowest BCUT2D eigenvalue weighted by Crippen LogP contribution is -2.36. The highest BCUT2D eigenvalue weighted by molar-refractivity contribution is 6.30. The van der Waals surface area contributed by atoms with Gasteiger partial charge in [0.2, 0.25) is 5.91 Å². The molecule has 0 atom stereocenters. The molecule has 0 N–H and O–H groups in total. The van der Waals surface area contributed by atoms with Gasteiger partial charge in [0.1, 0.15) is 5.69 Å². The highest BCUT2D eigenvalue weighted by atomic mass is 35.5. The third-order valence-electron chi connectivity index (χ3n) is 4.84. The fourth-order valence-corrected chi connectivity index (χ4v) is 3.58. The number of halogens is 2. The second kappa shape index (κ2) is 7.75. The molecule has 0 unspecified atom stereocenters. The first kappa shape index (κ1) is 18.1. The molecule has 0 fully saturated rings. The lowest BCUT2D eigenvalue weighted by molar-refractivity contribution is -0.132. The van der Waals surface area contributed by atoms with Crippen LogP contribution in [0, 0.1) is 0 Å². The molecule has 3 aromatic rings. The Balaban J connectivity index is 1.42. The molecule has 0 saturated heterocycles. The van der Waals surface area contributed by atoms with Gasteiger partial charge in [0.05, 0.1) is 6.54 Å². The topological polar surface area (TPSA) is 46.3 Å². The largest absolute Gasteiger partial charge is 0.356 e. The maximum Gasteiger partial charge on any atom is 0.223 e. The third kappa shape index (κ3) is 4.02. The summed E-state index contributed by atoms with van der Waals surface area (Å²) < 4.78 is 5.57. The summed E-state index contributed by atoms with van der Waals surface area (Å²) in [6, 6.07) is 15.1. The van der Waals surface area contributed by atoms with Gasteiger partial charge in [-0.05, 0) is 54.8 Å². The summed E-state index contributed by atoms with van der Waals surface area (Å²) in [4.78, 5) is 14.4. The summed E-state index contributed by atoms with van der Waals surface area (Å²) in [5, 5.41) is 5.59. The first-order valence-electron chi connectivity index (χ1n) is 8.86. The normalized spacial score (nSPS) is 13.5. The number of benzene rings is 2. The minimum absolute atomic E-state index is 0.131. The highest BCUT2D eigenvalue weighted by Gasteiger charge is 2.27.